The number of hydrogen-bond acceptors (Lipinski definition) is 6. The molecule has 1 aromatic heterocycles. The molecule has 7 nitrogen and oxygen atoms in total. The van der Waals surface area contributed by atoms with Gasteiger partial charge in [0.15, 0.2) is 5.84 Å². The summed E-state index contributed by atoms with van der Waals surface area (Å²) in [5.74, 6) is 12.0. The first-order chi connectivity index (χ1) is 15.2. The van der Waals surface area contributed by atoms with Crippen molar-refractivity contribution in [3.05, 3.63) is 102 Å². The molecule has 0 fully saturated rings. The summed E-state index contributed by atoms with van der Waals surface area (Å²) in [5.41, 5.74) is 7.20. The zero-order valence-electron chi connectivity index (χ0n) is 17.0. The maximum atomic E-state index is 5.96. The molecule has 1 heterocycles. The van der Waals surface area contributed by atoms with Crippen molar-refractivity contribution in [3.8, 4) is 5.75 Å². The maximum absolute atomic E-state index is 5.96. The molecular formula is C24H24N6O. The van der Waals surface area contributed by atoms with Gasteiger partial charge < -0.3 is 21.3 Å². The molecule has 0 saturated heterocycles. The van der Waals surface area contributed by atoms with Crippen LogP contribution in [0.3, 0.4) is 0 Å². The van der Waals surface area contributed by atoms with Crippen LogP contribution in [0.4, 0.5) is 5.69 Å². The first kappa shape index (κ1) is 20.2. The van der Waals surface area contributed by atoms with Crippen LogP contribution in [0, 0.1) is 0 Å². The Morgan fingerprint density at radius 2 is 1.81 bits per heavy atom. The summed E-state index contributed by atoms with van der Waals surface area (Å²) in [7, 11) is 0. The molecule has 0 aliphatic rings. The molecule has 3 aromatic carbocycles. The van der Waals surface area contributed by atoms with Crippen molar-refractivity contribution < 1.29 is 4.74 Å². The van der Waals surface area contributed by atoms with Crippen molar-refractivity contribution in [1.29, 1.82) is 0 Å². The van der Waals surface area contributed by atoms with Crippen LogP contribution < -0.4 is 27.2 Å². The molecule has 0 aliphatic carbocycles. The Morgan fingerprint density at radius 3 is 2.68 bits per heavy atom. The van der Waals surface area contributed by atoms with E-state index >= 15 is 0 Å². The van der Waals surface area contributed by atoms with Crippen molar-refractivity contribution in [2.75, 3.05) is 5.32 Å². The largest absolute Gasteiger partial charge is 0.487 e. The minimum absolute atomic E-state index is 0.406. The van der Waals surface area contributed by atoms with E-state index in [0.29, 0.717) is 19.0 Å². The highest BCUT2D eigenvalue weighted by atomic mass is 16.5. The SMILES string of the molecule is N/N=C(\NN)c1cccc(CNc2cccc(OCc3ccc4ccccc4n3)c2)c1. The molecule has 156 valence electrons. The van der Waals surface area contributed by atoms with Gasteiger partial charge in [0, 0.05) is 29.2 Å². The first-order valence-corrected chi connectivity index (χ1v) is 9.90. The van der Waals surface area contributed by atoms with Crippen LogP contribution >= 0.6 is 0 Å². The molecule has 0 aliphatic heterocycles. The number of pyridine rings is 1. The number of para-hydroxylation sites is 1. The number of nitrogens with one attached hydrogen (secondary N) is 2. The number of benzene rings is 3. The van der Waals surface area contributed by atoms with E-state index in [4.69, 9.17) is 16.4 Å². The standard InChI is InChI=1S/C24H24N6O/c25-29-24(30-26)19-7-3-5-17(13-19)15-27-20-8-4-9-22(14-20)31-16-21-12-11-18-6-1-2-10-23(18)28-21/h1-14,27H,15-16,25-26H2,(H,29,30). The number of hydrogen-bond donors (Lipinski definition) is 4. The van der Waals surface area contributed by atoms with Crippen molar-refractivity contribution in [2.24, 2.45) is 16.8 Å². The maximum Gasteiger partial charge on any atom is 0.166 e. The highest BCUT2D eigenvalue weighted by Gasteiger charge is 2.04. The van der Waals surface area contributed by atoms with Crippen molar-refractivity contribution >= 4 is 22.4 Å². The summed E-state index contributed by atoms with van der Waals surface area (Å²) in [6.45, 7) is 1.04. The summed E-state index contributed by atoms with van der Waals surface area (Å²) in [4.78, 5) is 4.65. The topological polar surface area (TPSA) is 111 Å². The molecule has 0 unspecified atom stereocenters. The lowest BCUT2D eigenvalue weighted by atomic mass is 10.1. The molecule has 4 rings (SSSR count). The molecule has 0 spiro atoms. The van der Waals surface area contributed by atoms with Gasteiger partial charge in [-0.3, -0.25) is 0 Å². The number of fused-ring (bicyclic) bond motifs is 1. The highest BCUT2D eigenvalue weighted by molar-refractivity contribution is 5.98. The van der Waals surface area contributed by atoms with Gasteiger partial charge in [-0.15, -0.1) is 0 Å². The van der Waals surface area contributed by atoms with E-state index in [1.807, 2.05) is 78.9 Å². The molecule has 7 heteroatoms. The van der Waals surface area contributed by atoms with Crippen LogP contribution in [0.2, 0.25) is 0 Å². The predicted octanol–water partition coefficient (Wildman–Crippen LogP) is 3.51. The quantitative estimate of drug-likeness (QED) is 0.160. The summed E-state index contributed by atoms with van der Waals surface area (Å²) >= 11 is 0. The monoisotopic (exact) mass is 412 g/mol. The number of rotatable bonds is 7. The van der Waals surface area contributed by atoms with Crippen molar-refractivity contribution in [1.82, 2.24) is 10.4 Å². The molecule has 0 amide bonds. The van der Waals surface area contributed by atoms with E-state index < -0.39 is 0 Å². The molecule has 0 atom stereocenters. The van der Waals surface area contributed by atoms with E-state index in [2.05, 4.69) is 26.9 Å². The predicted molar refractivity (Wildman–Crippen MR) is 124 cm³/mol. The minimum atomic E-state index is 0.406. The Balaban J connectivity index is 1.38. The van der Waals surface area contributed by atoms with Gasteiger partial charge in [0.2, 0.25) is 0 Å². The van der Waals surface area contributed by atoms with Gasteiger partial charge in [0.1, 0.15) is 12.4 Å². The second-order valence-corrected chi connectivity index (χ2v) is 6.99. The van der Waals surface area contributed by atoms with E-state index in [1.165, 1.54) is 0 Å². The van der Waals surface area contributed by atoms with E-state index in [0.717, 1.165) is 39.2 Å². The van der Waals surface area contributed by atoms with Crippen LogP contribution in [-0.2, 0) is 13.2 Å². The number of aromatic nitrogens is 1. The number of amidine groups is 1. The number of nitrogens with two attached hydrogens (primary N) is 2. The van der Waals surface area contributed by atoms with Crippen molar-refractivity contribution in [3.63, 3.8) is 0 Å². The fourth-order valence-electron chi connectivity index (χ4n) is 3.27. The lowest BCUT2D eigenvalue weighted by Gasteiger charge is -2.11. The Labute approximate surface area is 180 Å². The summed E-state index contributed by atoms with van der Waals surface area (Å²) in [6, 6.07) is 27.8. The minimum Gasteiger partial charge on any atom is -0.487 e. The Hall–Kier alpha value is -4.10. The average Bonchev–Trinajstić information content (AvgIpc) is 2.83. The van der Waals surface area contributed by atoms with Crippen LogP contribution in [0.5, 0.6) is 5.75 Å². The number of anilines is 1. The van der Waals surface area contributed by atoms with Gasteiger partial charge in [-0.2, -0.15) is 5.10 Å². The fraction of sp³-hybridized carbons (Fsp3) is 0.0833. The van der Waals surface area contributed by atoms with Gasteiger partial charge in [-0.05, 0) is 35.9 Å². The summed E-state index contributed by atoms with van der Waals surface area (Å²) in [6.07, 6.45) is 0. The van der Waals surface area contributed by atoms with Crippen LogP contribution in [0.1, 0.15) is 16.8 Å². The van der Waals surface area contributed by atoms with Crippen molar-refractivity contribution in [2.45, 2.75) is 13.2 Å². The zero-order valence-corrected chi connectivity index (χ0v) is 17.0. The Bertz CT molecular complexity index is 1210. The molecule has 0 bridgehead atoms. The molecule has 31 heavy (non-hydrogen) atoms. The van der Waals surface area contributed by atoms with Gasteiger partial charge in [0.05, 0.1) is 11.2 Å². The molecule has 0 saturated carbocycles. The number of nitrogens with zero attached hydrogens (tertiary/aromatic N) is 2. The third kappa shape index (κ3) is 5.09. The number of hydrazone groups is 1. The molecule has 0 radical (unpaired) electrons. The third-order valence-electron chi connectivity index (χ3n) is 4.84. The fourth-order valence-corrected chi connectivity index (χ4v) is 3.27. The van der Waals surface area contributed by atoms with Gasteiger partial charge >= 0.3 is 0 Å². The third-order valence-corrected chi connectivity index (χ3v) is 4.84. The summed E-state index contributed by atoms with van der Waals surface area (Å²) in [5, 5.41) is 8.17. The normalized spacial score (nSPS) is 11.3. The molecular weight excluding hydrogens is 388 g/mol. The van der Waals surface area contributed by atoms with E-state index in [1.54, 1.807) is 0 Å². The highest BCUT2D eigenvalue weighted by Crippen LogP contribution is 2.20. The average molecular weight is 412 g/mol. The second kappa shape index (κ2) is 9.60. The number of ether oxygens (including phenoxy) is 1. The number of hydrazine groups is 1. The Kier molecular flexibility index (Phi) is 6.25. The van der Waals surface area contributed by atoms with E-state index in [-0.39, 0.29) is 0 Å². The molecule has 4 aromatic rings. The van der Waals surface area contributed by atoms with Gasteiger partial charge in [-0.25, -0.2) is 10.8 Å². The second-order valence-electron chi connectivity index (χ2n) is 6.99. The lowest BCUT2D eigenvalue weighted by Crippen LogP contribution is -2.32. The molecule has 6 N–H and O–H groups in total. The van der Waals surface area contributed by atoms with Crippen LogP contribution in [0.15, 0.2) is 90.0 Å². The van der Waals surface area contributed by atoms with Gasteiger partial charge in [0.25, 0.3) is 0 Å². The zero-order chi connectivity index (χ0) is 21.5. The van der Waals surface area contributed by atoms with E-state index in [9.17, 15) is 0 Å². The smallest absolute Gasteiger partial charge is 0.166 e. The summed E-state index contributed by atoms with van der Waals surface area (Å²) < 4.78 is 5.96. The van der Waals surface area contributed by atoms with Crippen LogP contribution in [-0.4, -0.2) is 10.8 Å². The van der Waals surface area contributed by atoms with Gasteiger partial charge in [-0.1, -0.05) is 48.5 Å². The first-order valence-electron chi connectivity index (χ1n) is 9.90. The van der Waals surface area contributed by atoms with Crippen LogP contribution in [0.25, 0.3) is 10.9 Å². The lowest BCUT2D eigenvalue weighted by molar-refractivity contribution is 0.302. The Morgan fingerprint density at radius 1 is 0.935 bits per heavy atom.